The summed E-state index contributed by atoms with van der Waals surface area (Å²) in [4.78, 5) is 33.0. The van der Waals surface area contributed by atoms with Gasteiger partial charge >= 0.3 is 0 Å². The highest BCUT2D eigenvalue weighted by molar-refractivity contribution is 5.78. The Labute approximate surface area is 146 Å². The highest BCUT2D eigenvalue weighted by Gasteiger charge is 2.25. The lowest BCUT2D eigenvalue weighted by Gasteiger charge is -2.31. The normalized spacial score (nSPS) is 18.2. The Morgan fingerprint density at radius 2 is 2.40 bits per heavy atom. The van der Waals surface area contributed by atoms with Gasteiger partial charge in [0.25, 0.3) is 5.56 Å². The molecule has 1 saturated heterocycles. The van der Waals surface area contributed by atoms with Crippen molar-refractivity contribution in [2.75, 3.05) is 19.6 Å². The number of hydrogen-bond donors (Lipinski definition) is 2. The minimum atomic E-state index is -0.158. The highest BCUT2D eigenvalue weighted by Crippen LogP contribution is 2.19. The molecule has 1 atom stereocenters. The molecule has 0 spiro atoms. The standard InChI is InChI=1S/C18H24N4O3/c1-13-20-15(10-17(23)21-13)6-7-19-18(24)14-4-2-8-22(11-14)12-16-5-3-9-25-16/h3,5,9-10,14H,2,4,6-8,11-12H2,1H3,(H,19,24)(H,20,21,23). The number of likely N-dealkylation sites (tertiary alicyclic amines) is 1. The number of nitrogens with zero attached hydrogens (tertiary/aromatic N) is 2. The molecule has 0 aliphatic carbocycles. The Bertz CT molecular complexity index is 754. The van der Waals surface area contributed by atoms with Crippen molar-refractivity contribution >= 4 is 5.91 Å². The zero-order chi connectivity index (χ0) is 17.6. The first-order valence-corrected chi connectivity index (χ1v) is 8.69. The van der Waals surface area contributed by atoms with E-state index in [-0.39, 0.29) is 17.4 Å². The molecule has 2 aromatic heterocycles. The third-order valence-corrected chi connectivity index (χ3v) is 4.43. The number of hydrogen-bond acceptors (Lipinski definition) is 5. The van der Waals surface area contributed by atoms with Crippen molar-refractivity contribution in [3.05, 3.63) is 52.1 Å². The van der Waals surface area contributed by atoms with E-state index in [0.29, 0.717) is 24.5 Å². The van der Waals surface area contributed by atoms with Gasteiger partial charge in [-0.1, -0.05) is 0 Å². The molecule has 2 aromatic rings. The molecule has 0 radical (unpaired) electrons. The summed E-state index contributed by atoms with van der Waals surface area (Å²) in [5.74, 6) is 1.59. The molecule has 0 saturated carbocycles. The molecule has 25 heavy (non-hydrogen) atoms. The molecule has 2 N–H and O–H groups in total. The van der Waals surface area contributed by atoms with Crippen LogP contribution >= 0.6 is 0 Å². The zero-order valence-corrected chi connectivity index (χ0v) is 14.5. The molecule has 134 valence electrons. The number of aryl methyl sites for hydroxylation is 1. The molecule has 1 aliphatic rings. The third kappa shape index (κ3) is 5.03. The molecule has 3 rings (SSSR count). The molecule has 1 amide bonds. The van der Waals surface area contributed by atoms with Crippen molar-refractivity contribution < 1.29 is 9.21 Å². The van der Waals surface area contributed by atoms with Crippen LogP contribution in [0.4, 0.5) is 0 Å². The van der Waals surface area contributed by atoms with Crippen molar-refractivity contribution in [2.45, 2.75) is 32.7 Å². The van der Waals surface area contributed by atoms with Gasteiger partial charge in [0, 0.05) is 31.3 Å². The maximum absolute atomic E-state index is 12.4. The summed E-state index contributed by atoms with van der Waals surface area (Å²) in [6.07, 6.45) is 4.14. The Balaban J connectivity index is 1.46. The van der Waals surface area contributed by atoms with Crippen LogP contribution < -0.4 is 10.9 Å². The second kappa shape index (κ2) is 8.11. The third-order valence-electron chi connectivity index (χ3n) is 4.43. The van der Waals surface area contributed by atoms with Crippen LogP contribution in [0.25, 0.3) is 0 Å². The summed E-state index contributed by atoms with van der Waals surface area (Å²) in [5.41, 5.74) is 0.541. The minimum absolute atomic E-state index is 0.00224. The second-order valence-electron chi connectivity index (χ2n) is 6.52. The van der Waals surface area contributed by atoms with Gasteiger partial charge in [0.2, 0.25) is 5.91 Å². The van der Waals surface area contributed by atoms with Gasteiger partial charge in [-0.05, 0) is 38.4 Å². The lowest BCUT2D eigenvalue weighted by Crippen LogP contribution is -2.43. The first kappa shape index (κ1) is 17.4. The van der Waals surface area contributed by atoms with Crippen LogP contribution in [0.5, 0.6) is 0 Å². The number of carbonyl (C=O) groups is 1. The quantitative estimate of drug-likeness (QED) is 0.823. The van der Waals surface area contributed by atoms with Gasteiger partial charge in [0.05, 0.1) is 18.7 Å². The van der Waals surface area contributed by atoms with Crippen LogP contribution in [0.1, 0.15) is 30.1 Å². The van der Waals surface area contributed by atoms with E-state index >= 15 is 0 Å². The van der Waals surface area contributed by atoms with Crippen LogP contribution in [0.15, 0.2) is 33.7 Å². The lowest BCUT2D eigenvalue weighted by atomic mass is 9.97. The SMILES string of the molecule is Cc1nc(CCNC(=O)C2CCCN(Cc3ccco3)C2)cc(=O)[nH]1. The van der Waals surface area contributed by atoms with E-state index in [2.05, 4.69) is 20.2 Å². The highest BCUT2D eigenvalue weighted by atomic mass is 16.3. The fourth-order valence-corrected chi connectivity index (χ4v) is 3.26. The zero-order valence-electron chi connectivity index (χ0n) is 14.5. The predicted molar refractivity (Wildman–Crippen MR) is 93.0 cm³/mol. The van der Waals surface area contributed by atoms with Gasteiger partial charge in [0.15, 0.2) is 0 Å². The summed E-state index contributed by atoms with van der Waals surface area (Å²) < 4.78 is 5.39. The van der Waals surface area contributed by atoms with E-state index in [4.69, 9.17) is 4.42 Å². The van der Waals surface area contributed by atoms with Crippen LogP contribution in [-0.2, 0) is 17.8 Å². The van der Waals surface area contributed by atoms with Gasteiger partial charge in [-0.15, -0.1) is 0 Å². The molecule has 7 nitrogen and oxygen atoms in total. The van der Waals surface area contributed by atoms with E-state index in [9.17, 15) is 9.59 Å². The first-order chi connectivity index (χ1) is 12.1. The van der Waals surface area contributed by atoms with Crippen molar-refractivity contribution in [1.29, 1.82) is 0 Å². The summed E-state index contributed by atoms with van der Waals surface area (Å²) in [6.45, 7) is 4.71. The van der Waals surface area contributed by atoms with Crippen LogP contribution in [0.2, 0.25) is 0 Å². The molecular weight excluding hydrogens is 320 g/mol. The van der Waals surface area contributed by atoms with Gasteiger partial charge < -0.3 is 14.7 Å². The van der Waals surface area contributed by atoms with Gasteiger partial charge in [-0.3, -0.25) is 14.5 Å². The van der Waals surface area contributed by atoms with Gasteiger partial charge in [-0.25, -0.2) is 4.98 Å². The fraction of sp³-hybridized carbons (Fsp3) is 0.500. The summed E-state index contributed by atoms with van der Waals surface area (Å²) in [7, 11) is 0. The topological polar surface area (TPSA) is 91.2 Å². The molecule has 7 heteroatoms. The van der Waals surface area contributed by atoms with Gasteiger partial charge in [-0.2, -0.15) is 0 Å². The molecule has 1 fully saturated rings. The van der Waals surface area contributed by atoms with Crippen LogP contribution in [0, 0.1) is 12.8 Å². The number of amides is 1. The number of aromatic nitrogens is 2. The Kier molecular flexibility index (Phi) is 5.65. The van der Waals surface area contributed by atoms with E-state index in [0.717, 1.165) is 38.2 Å². The number of rotatable bonds is 6. The number of H-pyrrole nitrogens is 1. The Morgan fingerprint density at radius 1 is 1.52 bits per heavy atom. The molecule has 1 unspecified atom stereocenters. The van der Waals surface area contributed by atoms with Crippen LogP contribution in [0.3, 0.4) is 0 Å². The number of carbonyl (C=O) groups excluding carboxylic acids is 1. The molecular formula is C18H24N4O3. The minimum Gasteiger partial charge on any atom is -0.468 e. The van der Waals surface area contributed by atoms with Crippen molar-refractivity contribution in [1.82, 2.24) is 20.2 Å². The van der Waals surface area contributed by atoms with Crippen LogP contribution in [-0.4, -0.2) is 40.4 Å². The Hall–Kier alpha value is -2.41. The summed E-state index contributed by atoms with van der Waals surface area (Å²) in [6, 6.07) is 5.32. The average molecular weight is 344 g/mol. The average Bonchev–Trinajstić information content (AvgIpc) is 3.07. The largest absolute Gasteiger partial charge is 0.468 e. The molecule has 0 aromatic carbocycles. The van der Waals surface area contributed by atoms with Gasteiger partial charge in [0.1, 0.15) is 11.6 Å². The maximum Gasteiger partial charge on any atom is 0.251 e. The fourth-order valence-electron chi connectivity index (χ4n) is 3.26. The second-order valence-corrected chi connectivity index (χ2v) is 6.52. The monoisotopic (exact) mass is 344 g/mol. The van der Waals surface area contributed by atoms with E-state index < -0.39 is 0 Å². The summed E-state index contributed by atoms with van der Waals surface area (Å²) in [5, 5.41) is 2.98. The van der Waals surface area contributed by atoms with Crippen molar-refractivity contribution in [3.63, 3.8) is 0 Å². The Morgan fingerprint density at radius 3 is 3.16 bits per heavy atom. The van der Waals surface area contributed by atoms with E-state index in [1.54, 1.807) is 13.2 Å². The molecule has 0 bridgehead atoms. The number of aromatic amines is 1. The van der Waals surface area contributed by atoms with Crippen molar-refractivity contribution in [3.8, 4) is 0 Å². The van der Waals surface area contributed by atoms with Crippen molar-refractivity contribution in [2.24, 2.45) is 5.92 Å². The first-order valence-electron chi connectivity index (χ1n) is 8.69. The predicted octanol–water partition coefficient (Wildman–Crippen LogP) is 1.24. The van der Waals surface area contributed by atoms with E-state index in [1.807, 2.05) is 12.1 Å². The molecule has 1 aliphatic heterocycles. The smallest absolute Gasteiger partial charge is 0.251 e. The summed E-state index contributed by atoms with van der Waals surface area (Å²) >= 11 is 0. The number of piperidine rings is 1. The number of nitrogens with one attached hydrogen (secondary N) is 2. The molecule has 3 heterocycles. The maximum atomic E-state index is 12.4. The number of furan rings is 1. The lowest BCUT2D eigenvalue weighted by molar-refractivity contribution is -0.126. The van der Waals surface area contributed by atoms with E-state index in [1.165, 1.54) is 6.07 Å².